The second kappa shape index (κ2) is 5.67. The second-order valence-electron chi connectivity index (χ2n) is 5.28. The van der Waals surface area contributed by atoms with Crippen LogP contribution >= 0.6 is 0 Å². The molecule has 18 heavy (non-hydrogen) atoms. The van der Waals surface area contributed by atoms with Crippen LogP contribution in [-0.4, -0.2) is 47.3 Å². The number of carboxylic acids is 2. The van der Waals surface area contributed by atoms with Crippen molar-refractivity contribution in [1.82, 2.24) is 10.6 Å². The molecule has 0 aromatic heterocycles. The summed E-state index contributed by atoms with van der Waals surface area (Å²) >= 11 is 0. The summed E-state index contributed by atoms with van der Waals surface area (Å²) in [6.07, 6.45) is 4.47. The molecule has 3 aliphatic carbocycles. The first kappa shape index (κ1) is 13.3. The number of carboxylic acid groups (broad SMARTS) is 2. The quantitative estimate of drug-likeness (QED) is 0.529. The Balaban J connectivity index is 1.97. The Kier molecular flexibility index (Phi) is 4.19. The summed E-state index contributed by atoms with van der Waals surface area (Å²) in [5, 5.41) is 23.6. The van der Waals surface area contributed by atoms with E-state index < -0.39 is 11.9 Å². The van der Waals surface area contributed by atoms with Gasteiger partial charge >= 0.3 is 11.9 Å². The summed E-state index contributed by atoms with van der Waals surface area (Å²) in [5.74, 6) is -0.789. The van der Waals surface area contributed by atoms with Gasteiger partial charge in [0.15, 0.2) is 0 Å². The van der Waals surface area contributed by atoms with E-state index in [-0.39, 0.29) is 25.2 Å². The number of hydrogen-bond donors (Lipinski definition) is 4. The van der Waals surface area contributed by atoms with E-state index in [0.29, 0.717) is 11.8 Å². The lowest BCUT2D eigenvalue weighted by molar-refractivity contribution is -0.138. The van der Waals surface area contributed by atoms with E-state index in [0.717, 1.165) is 25.7 Å². The third kappa shape index (κ3) is 3.00. The maximum absolute atomic E-state index is 10.6. The van der Waals surface area contributed by atoms with E-state index in [2.05, 4.69) is 10.6 Å². The number of carbonyl (C=O) groups is 2. The van der Waals surface area contributed by atoms with Crippen molar-refractivity contribution in [2.45, 2.75) is 37.8 Å². The first-order chi connectivity index (χ1) is 8.58. The lowest BCUT2D eigenvalue weighted by Gasteiger charge is -2.49. The van der Waals surface area contributed by atoms with Crippen molar-refractivity contribution in [3.63, 3.8) is 0 Å². The standard InChI is InChI=1S/C12H20N2O4/c15-9(16)5-13-11-7-1-2-8(4-3-7)12(11)14-6-10(17)18/h7-8,11-14H,1-6H2,(H,15,16)(H,17,18)/t7?,8?,11-,12+. The molecule has 6 heteroatoms. The third-order valence-electron chi connectivity index (χ3n) is 4.20. The van der Waals surface area contributed by atoms with E-state index in [9.17, 15) is 9.59 Å². The molecular formula is C12H20N2O4. The smallest absolute Gasteiger partial charge is 0.317 e. The van der Waals surface area contributed by atoms with Crippen LogP contribution in [0.2, 0.25) is 0 Å². The molecule has 0 heterocycles. The molecule has 0 aliphatic heterocycles. The van der Waals surface area contributed by atoms with Crippen molar-refractivity contribution in [2.24, 2.45) is 11.8 Å². The minimum atomic E-state index is -0.867. The zero-order chi connectivity index (χ0) is 13.1. The van der Waals surface area contributed by atoms with Gasteiger partial charge in [0, 0.05) is 12.1 Å². The highest BCUT2D eigenvalue weighted by Crippen LogP contribution is 2.41. The average molecular weight is 256 g/mol. The average Bonchev–Trinajstić information content (AvgIpc) is 2.35. The highest BCUT2D eigenvalue weighted by Gasteiger charge is 2.43. The molecule has 102 valence electrons. The summed E-state index contributed by atoms with van der Waals surface area (Å²) in [6, 6.07) is 0.181. The van der Waals surface area contributed by atoms with Crippen molar-refractivity contribution in [3.05, 3.63) is 0 Å². The molecule has 0 aromatic carbocycles. The Morgan fingerprint density at radius 1 is 0.833 bits per heavy atom. The highest BCUT2D eigenvalue weighted by atomic mass is 16.4. The molecule has 6 nitrogen and oxygen atoms in total. The summed E-state index contributed by atoms with van der Waals surface area (Å²) in [5.41, 5.74) is 0. The number of aliphatic carboxylic acids is 2. The van der Waals surface area contributed by atoms with Gasteiger partial charge < -0.3 is 20.8 Å². The summed E-state index contributed by atoms with van der Waals surface area (Å²) in [6.45, 7) is -0.113. The van der Waals surface area contributed by atoms with Gasteiger partial charge in [-0.15, -0.1) is 0 Å². The molecule has 3 saturated carbocycles. The highest BCUT2D eigenvalue weighted by molar-refractivity contribution is 5.69. The van der Waals surface area contributed by atoms with Crippen molar-refractivity contribution in [3.8, 4) is 0 Å². The van der Waals surface area contributed by atoms with Gasteiger partial charge in [-0.25, -0.2) is 0 Å². The molecular weight excluding hydrogens is 236 g/mol. The summed E-state index contributed by atoms with van der Waals surface area (Å²) in [4.78, 5) is 21.3. The normalized spacial score (nSPS) is 34.4. The first-order valence-electron chi connectivity index (χ1n) is 6.48. The van der Waals surface area contributed by atoms with Gasteiger partial charge in [-0.05, 0) is 37.5 Å². The minimum Gasteiger partial charge on any atom is -0.480 e. The molecule has 0 spiro atoms. The van der Waals surface area contributed by atoms with E-state index >= 15 is 0 Å². The molecule has 4 N–H and O–H groups in total. The van der Waals surface area contributed by atoms with Gasteiger partial charge in [0.1, 0.15) is 0 Å². The van der Waals surface area contributed by atoms with Crippen LogP contribution in [-0.2, 0) is 9.59 Å². The van der Waals surface area contributed by atoms with Gasteiger partial charge in [-0.1, -0.05) is 0 Å². The number of rotatable bonds is 6. The fourth-order valence-corrected chi connectivity index (χ4v) is 3.45. The van der Waals surface area contributed by atoms with Crippen molar-refractivity contribution >= 4 is 11.9 Å². The van der Waals surface area contributed by atoms with Crippen LogP contribution in [0.25, 0.3) is 0 Å². The lowest BCUT2D eigenvalue weighted by atomic mass is 9.65. The molecule has 0 unspecified atom stereocenters. The SMILES string of the molecule is O=C(O)CN[C@@H]1C2CCC(CC2)[C@@H]1NCC(=O)O. The molecule has 0 amide bonds. The second-order valence-corrected chi connectivity index (χ2v) is 5.28. The summed E-state index contributed by atoms with van der Waals surface area (Å²) < 4.78 is 0. The Hall–Kier alpha value is -1.14. The zero-order valence-electron chi connectivity index (χ0n) is 10.3. The molecule has 0 saturated heterocycles. The fourth-order valence-electron chi connectivity index (χ4n) is 3.45. The Morgan fingerprint density at radius 2 is 1.17 bits per heavy atom. The van der Waals surface area contributed by atoms with Crippen LogP contribution in [0, 0.1) is 11.8 Å². The number of hydrogen-bond acceptors (Lipinski definition) is 4. The van der Waals surface area contributed by atoms with Gasteiger partial charge in [0.25, 0.3) is 0 Å². The molecule has 0 aromatic rings. The minimum absolute atomic E-state index is 0.0564. The Morgan fingerprint density at radius 3 is 1.44 bits per heavy atom. The van der Waals surface area contributed by atoms with Crippen LogP contribution in [0.5, 0.6) is 0 Å². The van der Waals surface area contributed by atoms with Gasteiger partial charge in [0.2, 0.25) is 0 Å². The zero-order valence-corrected chi connectivity index (χ0v) is 10.3. The van der Waals surface area contributed by atoms with E-state index in [1.165, 1.54) is 0 Å². The largest absolute Gasteiger partial charge is 0.480 e. The molecule has 3 fully saturated rings. The monoisotopic (exact) mass is 256 g/mol. The third-order valence-corrected chi connectivity index (χ3v) is 4.20. The molecule has 2 atom stereocenters. The van der Waals surface area contributed by atoms with Crippen molar-refractivity contribution in [1.29, 1.82) is 0 Å². The van der Waals surface area contributed by atoms with Crippen molar-refractivity contribution < 1.29 is 19.8 Å². The predicted molar refractivity (Wildman–Crippen MR) is 64.3 cm³/mol. The van der Waals surface area contributed by atoms with Gasteiger partial charge in [-0.3, -0.25) is 9.59 Å². The fraction of sp³-hybridized carbons (Fsp3) is 0.833. The van der Waals surface area contributed by atoms with Crippen LogP contribution in [0.4, 0.5) is 0 Å². The lowest BCUT2D eigenvalue weighted by Crippen LogP contribution is -2.61. The van der Waals surface area contributed by atoms with Crippen LogP contribution < -0.4 is 10.6 Å². The van der Waals surface area contributed by atoms with Crippen molar-refractivity contribution in [2.75, 3.05) is 13.1 Å². The predicted octanol–water partition coefficient (Wildman–Crippen LogP) is -0.108. The maximum Gasteiger partial charge on any atom is 0.317 e. The first-order valence-corrected chi connectivity index (χ1v) is 6.48. The van der Waals surface area contributed by atoms with Crippen LogP contribution in [0.3, 0.4) is 0 Å². The van der Waals surface area contributed by atoms with Gasteiger partial charge in [0.05, 0.1) is 13.1 Å². The van der Waals surface area contributed by atoms with Gasteiger partial charge in [-0.2, -0.15) is 0 Å². The van der Waals surface area contributed by atoms with E-state index in [4.69, 9.17) is 10.2 Å². The summed E-state index contributed by atoms with van der Waals surface area (Å²) in [7, 11) is 0. The van der Waals surface area contributed by atoms with Crippen LogP contribution in [0.1, 0.15) is 25.7 Å². The number of fused-ring (bicyclic) bond motifs is 3. The molecule has 3 rings (SSSR count). The molecule has 0 radical (unpaired) electrons. The Labute approximate surface area is 106 Å². The number of nitrogens with one attached hydrogen (secondary N) is 2. The molecule has 3 aliphatic rings. The Bertz CT molecular complexity index is 294. The van der Waals surface area contributed by atoms with E-state index in [1.54, 1.807) is 0 Å². The maximum atomic E-state index is 10.6. The van der Waals surface area contributed by atoms with E-state index in [1.807, 2.05) is 0 Å². The topological polar surface area (TPSA) is 98.7 Å². The molecule has 2 bridgehead atoms. The van der Waals surface area contributed by atoms with Crippen LogP contribution in [0.15, 0.2) is 0 Å².